The summed E-state index contributed by atoms with van der Waals surface area (Å²) in [6.45, 7) is -0.216. The fourth-order valence-electron chi connectivity index (χ4n) is 4.55. The molecular weight excluding hydrogens is 502 g/mol. The topological polar surface area (TPSA) is 167 Å². The Morgan fingerprint density at radius 1 is 0.718 bits per heavy atom. The molecule has 0 saturated heterocycles. The first-order valence-corrected chi connectivity index (χ1v) is 12.0. The van der Waals surface area contributed by atoms with Crippen LogP contribution in [0.15, 0.2) is 104 Å². The average molecular weight is 526 g/mol. The van der Waals surface area contributed by atoms with E-state index in [1.54, 1.807) is 60.7 Å². The van der Waals surface area contributed by atoms with E-state index in [4.69, 9.17) is 0 Å². The van der Waals surface area contributed by atoms with E-state index in [1.807, 2.05) is 0 Å². The van der Waals surface area contributed by atoms with E-state index in [0.717, 1.165) is 9.13 Å². The maximum atomic E-state index is 13.7. The summed E-state index contributed by atoms with van der Waals surface area (Å²) in [6.07, 6.45) is 3.04. The van der Waals surface area contributed by atoms with E-state index in [9.17, 15) is 29.4 Å². The fourth-order valence-corrected chi connectivity index (χ4v) is 4.55. The number of benzene rings is 2. The largest absolute Gasteiger partial charge is 0.860 e. The quantitative estimate of drug-likeness (QED) is 0.275. The lowest BCUT2D eigenvalue weighted by Crippen LogP contribution is -2.39. The van der Waals surface area contributed by atoms with E-state index >= 15 is 0 Å². The highest BCUT2D eigenvalue weighted by Crippen LogP contribution is 2.35. The van der Waals surface area contributed by atoms with Gasteiger partial charge in [-0.2, -0.15) is 0 Å². The molecule has 3 heterocycles. The number of aromatic nitrogens is 5. The van der Waals surface area contributed by atoms with Crippen LogP contribution in [-0.2, 0) is 13.1 Å². The third kappa shape index (κ3) is 4.92. The summed E-state index contributed by atoms with van der Waals surface area (Å²) in [7, 11) is 0. The van der Waals surface area contributed by atoms with Gasteiger partial charge in [-0.05, 0) is 22.6 Å². The molecule has 4 N–H and O–H groups in total. The minimum atomic E-state index is -1.41. The zero-order valence-electron chi connectivity index (χ0n) is 20.5. The van der Waals surface area contributed by atoms with Crippen molar-refractivity contribution in [1.29, 1.82) is 0 Å². The van der Waals surface area contributed by atoms with E-state index in [1.165, 1.54) is 24.5 Å². The van der Waals surface area contributed by atoms with Gasteiger partial charge in [0.15, 0.2) is 12.4 Å². The molecule has 11 heteroatoms. The summed E-state index contributed by atoms with van der Waals surface area (Å²) in [6, 6.07) is 20.5. The molecule has 5 aromatic rings. The second-order valence-electron chi connectivity index (χ2n) is 8.88. The van der Waals surface area contributed by atoms with E-state index in [-0.39, 0.29) is 18.7 Å². The lowest BCUT2D eigenvalue weighted by molar-refractivity contribution is -0.378. The average Bonchev–Trinajstić information content (AvgIpc) is 2.94. The molecule has 5 rings (SSSR count). The second-order valence-corrected chi connectivity index (χ2v) is 8.88. The zero-order valence-corrected chi connectivity index (χ0v) is 20.5. The molecule has 1 unspecified atom stereocenters. The molecule has 0 bridgehead atoms. The van der Waals surface area contributed by atoms with Gasteiger partial charge in [0, 0.05) is 17.7 Å². The van der Waals surface area contributed by atoms with Crippen molar-refractivity contribution in [2.24, 2.45) is 0 Å². The first-order chi connectivity index (χ1) is 18.8. The molecule has 0 spiro atoms. The Balaban J connectivity index is 1.77. The number of aromatic hydroxyl groups is 1. The van der Waals surface area contributed by atoms with Gasteiger partial charge < -0.3 is 14.8 Å². The minimum Gasteiger partial charge on any atom is -0.860 e. The number of hydrogen-bond acceptors (Lipinski definition) is 6. The first kappa shape index (κ1) is 25.2. The maximum absolute atomic E-state index is 13.7. The van der Waals surface area contributed by atoms with Gasteiger partial charge in [-0.25, -0.2) is 14.6 Å². The molecule has 0 aliphatic rings. The smallest absolute Gasteiger partial charge is 0.331 e. The van der Waals surface area contributed by atoms with Crippen molar-refractivity contribution < 1.29 is 15.2 Å². The molecule has 0 fully saturated rings. The molecule has 0 saturated carbocycles. The molecule has 0 amide bonds. The van der Waals surface area contributed by atoms with Gasteiger partial charge in [0.25, 0.3) is 11.1 Å². The predicted molar refractivity (Wildman–Crippen MR) is 139 cm³/mol. The summed E-state index contributed by atoms with van der Waals surface area (Å²) in [5, 5.41) is 25.0. The normalized spacial score (nSPS) is 11.8. The molecule has 1 atom stereocenters. The number of hydrogen-bond donors (Lipinski definition) is 3. The Morgan fingerprint density at radius 2 is 1.21 bits per heavy atom. The summed E-state index contributed by atoms with van der Waals surface area (Å²) >= 11 is 0. The molecule has 0 aliphatic heterocycles. The van der Waals surface area contributed by atoms with Gasteiger partial charge >= 0.3 is 11.4 Å². The Morgan fingerprint density at radius 3 is 1.77 bits per heavy atom. The number of nitrogens with zero attached hydrogens (tertiary/aromatic N) is 2. The van der Waals surface area contributed by atoms with Crippen molar-refractivity contribution in [2.45, 2.75) is 19.0 Å². The Bertz CT molecular complexity index is 1740. The number of pyridine rings is 1. The van der Waals surface area contributed by atoms with Gasteiger partial charge in [-0.1, -0.05) is 60.7 Å². The maximum Gasteiger partial charge on any atom is 0.331 e. The second kappa shape index (κ2) is 10.5. The Kier molecular flexibility index (Phi) is 6.79. The molecular formula is C28H23N5O6. The van der Waals surface area contributed by atoms with Crippen molar-refractivity contribution in [3.63, 3.8) is 0 Å². The molecule has 39 heavy (non-hydrogen) atoms. The van der Waals surface area contributed by atoms with Crippen LogP contribution in [0.1, 0.15) is 33.7 Å². The van der Waals surface area contributed by atoms with Crippen LogP contribution >= 0.6 is 0 Å². The summed E-state index contributed by atoms with van der Waals surface area (Å²) in [4.78, 5) is 59.0. The number of H-pyrrole nitrogens is 3. The van der Waals surface area contributed by atoms with Crippen LogP contribution in [0.5, 0.6) is 11.8 Å². The monoisotopic (exact) mass is 525 g/mol. The van der Waals surface area contributed by atoms with Crippen molar-refractivity contribution in [1.82, 2.24) is 19.1 Å². The molecule has 196 valence electrons. The molecule has 0 aliphatic carbocycles. The Labute approximate surface area is 220 Å². The van der Waals surface area contributed by atoms with Crippen LogP contribution in [-0.4, -0.2) is 24.2 Å². The van der Waals surface area contributed by atoms with Crippen LogP contribution in [0.25, 0.3) is 0 Å². The third-order valence-electron chi connectivity index (χ3n) is 6.41. The summed E-state index contributed by atoms with van der Waals surface area (Å²) < 4.78 is 1.81. The number of aromatic amines is 3. The number of nitrogens with one attached hydrogen (secondary N) is 3. The van der Waals surface area contributed by atoms with Gasteiger partial charge in [0.05, 0.1) is 24.6 Å². The lowest BCUT2D eigenvalue weighted by atomic mass is 9.87. The molecule has 0 radical (unpaired) electrons. The first-order valence-electron chi connectivity index (χ1n) is 12.0. The number of rotatable bonds is 7. The van der Waals surface area contributed by atoms with E-state index < -0.39 is 45.7 Å². The summed E-state index contributed by atoms with van der Waals surface area (Å²) in [5.41, 5.74) is -3.00. The van der Waals surface area contributed by atoms with E-state index in [0.29, 0.717) is 16.7 Å². The third-order valence-corrected chi connectivity index (χ3v) is 6.41. The van der Waals surface area contributed by atoms with Gasteiger partial charge in [-0.15, -0.1) is 0 Å². The van der Waals surface area contributed by atoms with Crippen molar-refractivity contribution in [3.8, 4) is 11.8 Å². The van der Waals surface area contributed by atoms with Gasteiger partial charge in [0.2, 0.25) is 5.88 Å². The van der Waals surface area contributed by atoms with Crippen molar-refractivity contribution >= 4 is 0 Å². The summed E-state index contributed by atoms with van der Waals surface area (Å²) in [5.74, 6) is -3.04. The van der Waals surface area contributed by atoms with Crippen LogP contribution < -0.4 is 32.6 Å². The van der Waals surface area contributed by atoms with Gasteiger partial charge in [0.1, 0.15) is 0 Å². The van der Waals surface area contributed by atoms with Crippen LogP contribution in [0.2, 0.25) is 0 Å². The van der Waals surface area contributed by atoms with Crippen LogP contribution in [0.4, 0.5) is 0 Å². The molecule has 3 aromatic heterocycles. The fraction of sp³-hybridized carbons (Fsp3) is 0.107. The van der Waals surface area contributed by atoms with Crippen molar-refractivity contribution in [2.75, 3.05) is 0 Å². The van der Waals surface area contributed by atoms with Crippen molar-refractivity contribution in [3.05, 3.63) is 155 Å². The predicted octanol–water partition coefficient (Wildman–Crippen LogP) is 0.257. The van der Waals surface area contributed by atoms with Crippen LogP contribution in [0, 0.1) is 0 Å². The highest BCUT2D eigenvalue weighted by atomic mass is 16.3. The lowest BCUT2D eigenvalue weighted by Gasteiger charge is -2.26. The Hall–Kier alpha value is -5.45. The van der Waals surface area contributed by atoms with E-state index in [2.05, 4.69) is 15.0 Å². The standard InChI is InChI=1S/C28H23N5O6/c34-23-21(25(36)32(27(38)30-23)15-17-7-3-1-4-8-17)20(19-11-13-29-14-12-19)22-24(35)31-28(39)33(26(22)37)16-18-9-5-2-6-10-18/h1-14,20,36-37H,15-16H2,(H,30,34,38)(H,31,35,39). The molecule has 2 aromatic carbocycles. The van der Waals surface area contributed by atoms with Crippen LogP contribution in [0.3, 0.4) is 0 Å². The highest BCUT2D eigenvalue weighted by molar-refractivity contribution is 5.47. The van der Waals surface area contributed by atoms with Gasteiger partial charge in [-0.3, -0.25) is 24.1 Å². The minimum absolute atomic E-state index is 0.0847. The molecule has 11 nitrogen and oxygen atoms in total. The zero-order chi connectivity index (χ0) is 27.5. The SMILES string of the molecule is O=c1[nH]c(=O)n(Cc2ccccc2)c([O-])c1C(c1cc[nH+]cc1)c1c(O)n(Cc2ccccc2)c(=O)[nH]c1=O. The highest BCUT2D eigenvalue weighted by Gasteiger charge is 2.30.